The van der Waals surface area contributed by atoms with Gasteiger partial charge in [-0.2, -0.15) is 0 Å². The van der Waals surface area contributed by atoms with Crippen LogP contribution in [0.15, 0.2) is 45.1 Å². The normalized spacial score (nSPS) is 11.7. The minimum atomic E-state index is -3.85. The monoisotopic (exact) mass is 407 g/mol. The predicted molar refractivity (Wildman–Crippen MR) is 98.3 cm³/mol. The minimum absolute atomic E-state index is 0.0623. The van der Waals surface area contributed by atoms with Crippen molar-refractivity contribution in [1.82, 2.24) is 18.7 Å². The first kappa shape index (κ1) is 19.5. The summed E-state index contributed by atoms with van der Waals surface area (Å²) in [4.78, 5) is 40.3. The van der Waals surface area contributed by atoms with Crippen molar-refractivity contribution in [2.75, 3.05) is 6.61 Å². The molecule has 0 unspecified atom stereocenters. The van der Waals surface area contributed by atoms with E-state index in [1.807, 2.05) is 0 Å². The Labute approximate surface area is 158 Å². The number of carbonyl (C=O) groups excluding carboxylic acids is 1. The highest BCUT2D eigenvalue weighted by atomic mass is 32.2. The van der Waals surface area contributed by atoms with E-state index in [0.29, 0.717) is 0 Å². The number of ether oxygens (including phenoxy) is 1. The van der Waals surface area contributed by atoms with E-state index in [1.165, 1.54) is 53.8 Å². The quantitative estimate of drug-likeness (QED) is 0.530. The number of nitrogens with zero attached hydrogens (tertiary/aromatic N) is 4. The number of esters is 1. The molecule has 2 N–H and O–H groups in total. The van der Waals surface area contributed by atoms with Crippen LogP contribution >= 0.6 is 0 Å². The lowest BCUT2D eigenvalue weighted by Crippen LogP contribution is -2.37. The Bertz CT molecular complexity index is 1280. The summed E-state index contributed by atoms with van der Waals surface area (Å²) in [5, 5.41) is 5.00. The van der Waals surface area contributed by atoms with Crippen LogP contribution in [0.5, 0.6) is 0 Å². The van der Waals surface area contributed by atoms with Crippen LogP contribution in [-0.4, -0.2) is 39.7 Å². The van der Waals surface area contributed by atoms with Crippen molar-refractivity contribution in [3.8, 4) is 0 Å². The Morgan fingerprint density at radius 3 is 2.39 bits per heavy atom. The zero-order valence-electron chi connectivity index (χ0n) is 15.0. The van der Waals surface area contributed by atoms with E-state index in [0.717, 1.165) is 4.57 Å². The van der Waals surface area contributed by atoms with Gasteiger partial charge in [-0.05, 0) is 24.3 Å². The Morgan fingerprint density at radius 2 is 1.79 bits per heavy atom. The topological polar surface area (TPSA) is 148 Å². The standard InChI is InChI=1S/C16H17N5O6S/c1-19-13-12(14(22)20(2)16(19)24)21(9-18-13)7-8-27-15(23)10-3-5-11(6-4-10)28(17,25)26/h3-6,9H,7-8H2,1-2H3,(H2,17,25,26). The molecular formula is C16H17N5O6S. The summed E-state index contributed by atoms with van der Waals surface area (Å²) in [6, 6.07) is 5.00. The van der Waals surface area contributed by atoms with Crippen LogP contribution in [0.4, 0.5) is 0 Å². The molecule has 0 spiro atoms. The zero-order valence-corrected chi connectivity index (χ0v) is 15.8. The number of primary sulfonamides is 1. The maximum Gasteiger partial charge on any atom is 0.338 e. The molecule has 3 aromatic rings. The number of aromatic nitrogens is 4. The van der Waals surface area contributed by atoms with Gasteiger partial charge >= 0.3 is 11.7 Å². The van der Waals surface area contributed by atoms with E-state index in [-0.39, 0.29) is 34.8 Å². The molecule has 0 aliphatic carbocycles. The minimum Gasteiger partial charge on any atom is -0.460 e. The van der Waals surface area contributed by atoms with E-state index < -0.39 is 27.2 Å². The fraction of sp³-hybridized carbons (Fsp3) is 0.250. The van der Waals surface area contributed by atoms with Gasteiger partial charge in [0.1, 0.15) is 6.61 Å². The number of hydrogen-bond acceptors (Lipinski definition) is 7. The van der Waals surface area contributed by atoms with Gasteiger partial charge in [0.2, 0.25) is 10.0 Å². The van der Waals surface area contributed by atoms with Crippen LogP contribution in [0.3, 0.4) is 0 Å². The van der Waals surface area contributed by atoms with Crippen LogP contribution < -0.4 is 16.4 Å². The summed E-state index contributed by atoms with van der Waals surface area (Å²) in [5.41, 5.74) is -0.380. The highest BCUT2D eigenvalue weighted by molar-refractivity contribution is 7.89. The van der Waals surface area contributed by atoms with E-state index in [9.17, 15) is 22.8 Å². The van der Waals surface area contributed by atoms with Gasteiger partial charge in [-0.1, -0.05) is 0 Å². The van der Waals surface area contributed by atoms with Crippen molar-refractivity contribution < 1.29 is 17.9 Å². The van der Waals surface area contributed by atoms with Crippen molar-refractivity contribution in [2.24, 2.45) is 19.2 Å². The fourth-order valence-corrected chi connectivity index (χ4v) is 3.18. The van der Waals surface area contributed by atoms with E-state index in [1.54, 1.807) is 0 Å². The lowest BCUT2D eigenvalue weighted by molar-refractivity contribution is 0.0492. The first-order valence-corrected chi connectivity index (χ1v) is 9.56. The third-order valence-corrected chi connectivity index (χ3v) is 5.13. The Hall–Kier alpha value is -3.25. The summed E-state index contributed by atoms with van der Waals surface area (Å²) in [5.74, 6) is -0.661. The van der Waals surface area contributed by atoms with Gasteiger partial charge in [0.05, 0.1) is 23.3 Å². The molecule has 11 nitrogen and oxygen atoms in total. The SMILES string of the molecule is Cn1c(=O)c2c(ncn2CCOC(=O)c2ccc(S(N)(=O)=O)cc2)n(C)c1=O. The van der Waals surface area contributed by atoms with Crippen molar-refractivity contribution in [2.45, 2.75) is 11.4 Å². The van der Waals surface area contributed by atoms with Gasteiger partial charge in [0, 0.05) is 14.1 Å². The third-order valence-electron chi connectivity index (χ3n) is 4.20. The second-order valence-corrected chi connectivity index (χ2v) is 7.58. The molecule has 0 saturated carbocycles. The van der Waals surface area contributed by atoms with Gasteiger partial charge in [-0.3, -0.25) is 13.9 Å². The van der Waals surface area contributed by atoms with Crippen LogP contribution in [0.2, 0.25) is 0 Å². The van der Waals surface area contributed by atoms with Crippen LogP contribution in [-0.2, 0) is 35.4 Å². The van der Waals surface area contributed by atoms with Gasteiger partial charge < -0.3 is 9.30 Å². The molecule has 0 aliphatic rings. The predicted octanol–water partition coefficient (Wildman–Crippen LogP) is -1.06. The number of nitrogens with two attached hydrogens (primary N) is 1. The summed E-state index contributed by atoms with van der Waals surface area (Å²) >= 11 is 0. The number of benzene rings is 1. The molecule has 0 aliphatic heterocycles. The molecule has 0 radical (unpaired) electrons. The largest absolute Gasteiger partial charge is 0.460 e. The summed E-state index contributed by atoms with van der Waals surface area (Å²) in [6.45, 7) is 0.0815. The molecule has 3 rings (SSSR count). The summed E-state index contributed by atoms with van der Waals surface area (Å²) in [6.07, 6.45) is 1.39. The number of carbonyl (C=O) groups is 1. The van der Waals surface area contributed by atoms with E-state index in [4.69, 9.17) is 9.88 Å². The number of sulfonamides is 1. The Kier molecular flexibility index (Phi) is 4.91. The van der Waals surface area contributed by atoms with Crippen LogP contribution in [0, 0.1) is 0 Å². The van der Waals surface area contributed by atoms with Gasteiger partial charge in [-0.15, -0.1) is 0 Å². The van der Waals surface area contributed by atoms with E-state index in [2.05, 4.69) is 4.98 Å². The first-order chi connectivity index (χ1) is 13.1. The molecule has 2 heterocycles. The van der Waals surface area contributed by atoms with Crippen molar-refractivity contribution in [3.63, 3.8) is 0 Å². The van der Waals surface area contributed by atoms with Gasteiger partial charge in [0.15, 0.2) is 11.2 Å². The molecular weight excluding hydrogens is 390 g/mol. The molecule has 0 bridgehead atoms. The third kappa shape index (κ3) is 3.46. The van der Waals surface area contributed by atoms with Crippen molar-refractivity contribution in [3.05, 3.63) is 57.0 Å². The van der Waals surface area contributed by atoms with Crippen LogP contribution in [0.1, 0.15) is 10.4 Å². The highest BCUT2D eigenvalue weighted by Crippen LogP contribution is 2.10. The molecule has 148 valence electrons. The zero-order chi connectivity index (χ0) is 20.6. The average Bonchev–Trinajstić information content (AvgIpc) is 3.08. The molecule has 12 heteroatoms. The molecule has 0 amide bonds. The Balaban J connectivity index is 1.74. The summed E-state index contributed by atoms with van der Waals surface area (Å²) < 4.78 is 31.3. The highest BCUT2D eigenvalue weighted by Gasteiger charge is 2.15. The number of aryl methyl sites for hydroxylation is 1. The number of fused-ring (bicyclic) bond motifs is 1. The molecule has 0 fully saturated rings. The fourth-order valence-electron chi connectivity index (χ4n) is 2.67. The van der Waals surface area contributed by atoms with Gasteiger partial charge in [-0.25, -0.2) is 28.1 Å². The molecule has 2 aromatic heterocycles. The smallest absolute Gasteiger partial charge is 0.338 e. The lowest BCUT2D eigenvalue weighted by atomic mass is 10.2. The van der Waals surface area contributed by atoms with Crippen molar-refractivity contribution >= 4 is 27.2 Å². The second-order valence-electron chi connectivity index (χ2n) is 6.02. The maximum atomic E-state index is 12.3. The molecule has 28 heavy (non-hydrogen) atoms. The number of hydrogen-bond donors (Lipinski definition) is 1. The Morgan fingerprint density at radius 1 is 1.14 bits per heavy atom. The molecule has 0 atom stereocenters. The number of imidazole rings is 1. The lowest BCUT2D eigenvalue weighted by Gasteiger charge is -2.08. The molecule has 1 aromatic carbocycles. The van der Waals surface area contributed by atoms with Gasteiger partial charge in [0.25, 0.3) is 5.56 Å². The summed E-state index contributed by atoms with van der Waals surface area (Å²) in [7, 11) is -0.971. The van der Waals surface area contributed by atoms with Crippen LogP contribution in [0.25, 0.3) is 11.2 Å². The maximum absolute atomic E-state index is 12.3. The molecule has 0 saturated heterocycles. The first-order valence-electron chi connectivity index (χ1n) is 8.02. The van der Waals surface area contributed by atoms with Crippen molar-refractivity contribution in [1.29, 1.82) is 0 Å². The second kappa shape index (κ2) is 7.05. The average molecular weight is 407 g/mol. The number of rotatable bonds is 5. The van der Waals surface area contributed by atoms with E-state index >= 15 is 0 Å².